The molecule has 1 unspecified atom stereocenters. The second-order valence-corrected chi connectivity index (χ2v) is 4.86. The molecular formula is C14H16N2O2. The summed E-state index contributed by atoms with van der Waals surface area (Å²) in [5.41, 5.74) is 2.37. The SMILES string of the molecule is O=C(O)N1CCCC(c2c[nH]c3ccccc23)C1. The van der Waals surface area contributed by atoms with Crippen LogP contribution in [0.3, 0.4) is 0 Å². The maximum absolute atomic E-state index is 11.1. The Bertz CT molecular complexity index is 576. The van der Waals surface area contributed by atoms with E-state index < -0.39 is 6.09 Å². The molecule has 1 aromatic heterocycles. The topological polar surface area (TPSA) is 56.3 Å². The van der Waals surface area contributed by atoms with Crippen LogP contribution in [-0.2, 0) is 0 Å². The minimum Gasteiger partial charge on any atom is -0.465 e. The smallest absolute Gasteiger partial charge is 0.407 e. The van der Waals surface area contributed by atoms with E-state index in [9.17, 15) is 4.79 Å². The molecule has 1 fully saturated rings. The number of benzene rings is 1. The molecule has 2 aromatic rings. The van der Waals surface area contributed by atoms with E-state index in [-0.39, 0.29) is 0 Å². The molecule has 3 rings (SSSR count). The lowest BCUT2D eigenvalue weighted by molar-refractivity contribution is 0.130. The molecule has 0 aliphatic carbocycles. The number of hydrogen-bond donors (Lipinski definition) is 2. The van der Waals surface area contributed by atoms with Crippen molar-refractivity contribution in [2.75, 3.05) is 13.1 Å². The lowest BCUT2D eigenvalue weighted by atomic mass is 9.90. The van der Waals surface area contributed by atoms with Crippen LogP contribution in [0.5, 0.6) is 0 Å². The first kappa shape index (κ1) is 11.1. The lowest BCUT2D eigenvalue weighted by Gasteiger charge is -2.30. The van der Waals surface area contributed by atoms with Gasteiger partial charge >= 0.3 is 6.09 Å². The largest absolute Gasteiger partial charge is 0.465 e. The predicted molar refractivity (Wildman–Crippen MR) is 69.9 cm³/mol. The van der Waals surface area contributed by atoms with Crippen LogP contribution in [0.4, 0.5) is 4.79 Å². The molecule has 2 heterocycles. The van der Waals surface area contributed by atoms with E-state index in [4.69, 9.17) is 5.11 Å². The van der Waals surface area contributed by atoms with Crippen LogP contribution >= 0.6 is 0 Å². The number of para-hydroxylation sites is 1. The third-order valence-corrected chi connectivity index (χ3v) is 3.75. The fraction of sp³-hybridized carbons (Fsp3) is 0.357. The minimum atomic E-state index is -0.806. The number of aromatic nitrogens is 1. The molecule has 1 aromatic carbocycles. The zero-order valence-corrected chi connectivity index (χ0v) is 10.1. The summed E-state index contributed by atoms with van der Waals surface area (Å²) in [6.07, 6.45) is 3.22. The zero-order chi connectivity index (χ0) is 12.5. The van der Waals surface area contributed by atoms with Crippen LogP contribution in [0.2, 0.25) is 0 Å². The number of hydrogen-bond acceptors (Lipinski definition) is 1. The highest BCUT2D eigenvalue weighted by Gasteiger charge is 2.25. The van der Waals surface area contributed by atoms with Crippen molar-refractivity contribution in [3.05, 3.63) is 36.0 Å². The fourth-order valence-electron chi connectivity index (χ4n) is 2.84. The summed E-state index contributed by atoms with van der Waals surface area (Å²) in [7, 11) is 0. The number of rotatable bonds is 1. The summed E-state index contributed by atoms with van der Waals surface area (Å²) >= 11 is 0. The van der Waals surface area contributed by atoms with Crippen LogP contribution in [-0.4, -0.2) is 34.2 Å². The van der Waals surface area contributed by atoms with Gasteiger partial charge in [0.1, 0.15) is 0 Å². The summed E-state index contributed by atoms with van der Waals surface area (Å²) in [5.74, 6) is 0.311. The summed E-state index contributed by atoms with van der Waals surface area (Å²) in [4.78, 5) is 15.8. The molecule has 1 aliphatic rings. The minimum absolute atomic E-state index is 0.311. The first-order chi connectivity index (χ1) is 8.75. The third kappa shape index (κ3) is 1.83. The predicted octanol–water partition coefficient (Wildman–Crippen LogP) is 3.03. The molecular weight excluding hydrogens is 228 g/mol. The van der Waals surface area contributed by atoms with Crippen molar-refractivity contribution in [2.45, 2.75) is 18.8 Å². The molecule has 4 nitrogen and oxygen atoms in total. The Hall–Kier alpha value is -1.97. The number of H-pyrrole nitrogens is 1. The van der Waals surface area contributed by atoms with E-state index in [1.165, 1.54) is 15.8 Å². The molecule has 1 atom stereocenters. The average molecular weight is 244 g/mol. The highest BCUT2D eigenvalue weighted by Crippen LogP contribution is 2.31. The second kappa shape index (κ2) is 4.37. The van der Waals surface area contributed by atoms with E-state index in [0.717, 1.165) is 18.4 Å². The summed E-state index contributed by atoms with van der Waals surface area (Å²) in [5, 5.41) is 10.3. The first-order valence-electron chi connectivity index (χ1n) is 6.29. The molecule has 0 bridgehead atoms. The molecule has 1 saturated heterocycles. The molecule has 4 heteroatoms. The maximum atomic E-state index is 11.1. The normalized spacial score (nSPS) is 20.2. The van der Waals surface area contributed by atoms with E-state index in [2.05, 4.69) is 17.1 Å². The van der Waals surface area contributed by atoms with Crippen molar-refractivity contribution in [3.63, 3.8) is 0 Å². The number of carboxylic acid groups (broad SMARTS) is 1. The summed E-state index contributed by atoms with van der Waals surface area (Å²) in [6, 6.07) is 8.18. The highest BCUT2D eigenvalue weighted by atomic mass is 16.4. The summed E-state index contributed by atoms with van der Waals surface area (Å²) < 4.78 is 0. The lowest BCUT2D eigenvalue weighted by Crippen LogP contribution is -2.38. The van der Waals surface area contributed by atoms with Crippen LogP contribution in [0.25, 0.3) is 10.9 Å². The van der Waals surface area contributed by atoms with E-state index in [0.29, 0.717) is 19.0 Å². The van der Waals surface area contributed by atoms with Gasteiger partial charge in [0.25, 0.3) is 0 Å². The Balaban J connectivity index is 1.92. The van der Waals surface area contributed by atoms with Gasteiger partial charge in [0.15, 0.2) is 0 Å². The van der Waals surface area contributed by atoms with Crippen LogP contribution in [0.1, 0.15) is 24.3 Å². The maximum Gasteiger partial charge on any atom is 0.407 e. The fourth-order valence-corrected chi connectivity index (χ4v) is 2.84. The van der Waals surface area contributed by atoms with Gasteiger partial charge in [0.2, 0.25) is 0 Å². The van der Waals surface area contributed by atoms with Crippen molar-refractivity contribution < 1.29 is 9.90 Å². The number of piperidine rings is 1. The van der Waals surface area contributed by atoms with Crippen molar-refractivity contribution in [3.8, 4) is 0 Å². The standard InChI is InChI=1S/C14H16N2O2/c17-14(18)16-7-3-4-10(9-16)12-8-15-13-6-2-1-5-11(12)13/h1-2,5-6,8,10,15H,3-4,7,9H2,(H,17,18). The number of fused-ring (bicyclic) bond motifs is 1. The van der Waals surface area contributed by atoms with Crippen molar-refractivity contribution in [1.29, 1.82) is 0 Å². The number of likely N-dealkylation sites (tertiary alicyclic amines) is 1. The van der Waals surface area contributed by atoms with Gasteiger partial charge in [-0.15, -0.1) is 0 Å². The van der Waals surface area contributed by atoms with Gasteiger partial charge < -0.3 is 15.0 Å². The van der Waals surface area contributed by atoms with Gasteiger partial charge in [-0.05, 0) is 24.5 Å². The molecule has 18 heavy (non-hydrogen) atoms. The van der Waals surface area contributed by atoms with Crippen molar-refractivity contribution in [1.82, 2.24) is 9.88 Å². The van der Waals surface area contributed by atoms with Gasteiger partial charge in [-0.1, -0.05) is 18.2 Å². The average Bonchev–Trinajstić information content (AvgIpc) is 2.82. The number of nitrogens with zero attached hydrogens (tertiary/aromatic N) is 1. The Morgan fingerprint density at radius 3 is 3.06 bits per heavy atom. The van der Waals surface area contributed by atoms with E-state index >= 15 is 0 Å². The Morgan fingerprint density at radius 2 is 2.22 bits per heavy atom. The van der Waals surface area contributed by atoms with Crippen LogP contribution in [0.15, 0.2) is 30.5 Å². The molecule has 0 radical (unpaired) electrons. The molecule has 0 saturated carbocycles. The summed E-state index contributed by atoms with van der Waals surface area (Å²) in [6.45, 7) is 1.27. The van der Waals surface area contributed by atoms with Crippen LogP contribution in [0, 0.1) is 0 Å². The van der Waals surface area contributed by atoms with Crippen molar-refractivity contribution >= 4 is 17.0 Å². The van der Waals surface area contributed by atoms with Gasteiger partial charge in [-0.2, -0.15) is 0 Å². The Labute approximate surface area is 105 Å². The second-order valence-electron chi connectivity index (χ2n) is 4.86. The van der Waals surface area contributed by atoms with Gasteiger partial charge in [-0.3, -0.25) is 0 Å². The number of amides is 1. The monoisotopic (exact) mass is 244 g/mol. The molecule has 1 amide bonds. The zero-order valence-electron chi connectivity index (χ0n) is 10.1. The molecule has 0 spiro atoms. The quantitative estimate of drug-likeness (QED) is 0.810. The first-order valence-corrected chi connectivity index (χ1v) is 6.29. The Kier molecular flexibility index (Phi) is 2.70. The van der Waals surface area contributed by atoms with Gasteiger partial charge in [0.05, 0.1) is 0 Å². The molecule has 94 valence electrons. The van der Waals surface area contributed by atoms with E-state index in [1.807, 2.05) is 18.3 Å². The molecule has 2 N–H and O–H groups in total. The van der Waals surface area contributed by atoms with Crippen LogP contribution < -0.4 is 0 Å². The van der Waals surface area contributed by atoms with Crippen molar-refractivity contribution in [2.24, 2.45) is 0 Å². The highest BCUT2D eigenvalue weighted by molar-refractivity contribution is 5.83. The van der Waals surface area contributed by atoms with Gasteiger partial charge in [-0.25, -0.2) is 4.79 Å². The third-order valence-electron chi connectivity index (χ3n) is 3.75. The number of aromatic amines is 1. The number of carbonyl (C=O) groups is 1. The van der Waals surface area contributed by atoms with Gasteiger partial charge in [0, 0.05) is 36.1 Å². The van der Waals surface area contributed by atoms with E-state index in [1.54, 1.807) is 0 Å². The Morgan fingerprint density at radius 1 is 1.39 bits per heavy atom. The number of nitrogens with one attached hydrogen (secondary N) is 1. The molecule has 1 aliphatic heterocycles.